The molecule has 0 radical (unpaired) electrons. The van der Waals surface area contributed by atoms with Gasteiger partial charge in [-0.2, -0.15) is 0 Å². The van der Waals surface area contributed by atoms with Crippen LogP contribution in [0.25, 0.3) is 11.1 Å². The van der Waals surface area contributed by atoms with E-state index < -0.39 is 9.84 Å². The molecule has 8 heteroatoms. The molecule has 1 aliphatic rings. The molecule has 4 aromatic rings. The number of methoxy groups -OCH3 is 1. The molecule has 5 rings (SSSR count). The highest BCUT2D eigenvalue weighted by Crippen LogP contribution is 2.37. The fourth-order valence-corrected chi connectivity index (χ4v) is 5.70. The molecule has 7 nitrogen and oxygen atoms in total. The first-order valence-corrected chi connectivity index (χ1v) is 15.3. The van der Waals surface area contributed by atoms with Crippen LogP contribution in [0.5, 0.6) is 17.2 Å². The van der Waals surface area contributed by atoms with Crippen LogP contribution in [-0.2, 0) is 16.3 Å². The van der Waals surface area contributed by atoms with Crippen LogP contribution in [0.3, 0.4) is 0 Å². The number of pyridine rings is 1. The lowest BCUT2D eigenvalue weighted by Crippen LogP contribution is -2.14. The smallest absolute Gasteiger partial charge is 0.175 e. The Bertz CT molecular complexity index is 1550. The zero-order valence-electron chi connectivity index (χ0n) is 22.7. The second kappa shape index (κ2) is 12.0. The van der Waals surface area contributed by atoms with Gasteiger partial charge in [0.1, 0.15) is 11.9 Å². The number of hydrogen-bond acceptors (Lipinski definition) is 7. The minimum absolute atomic E-state index is 0.198. The molecule has 0 bridgehead atoms. The van der Waals surface area contributed by atoms with Gasteiger partial charge in [0.25, 0.3) is 0 Å². The van der Waals surface area contributed by atoms with Crippen molar-refractivity contribution in [3.8, 4) is 28.4 Å². The van der Waals surface area contributed by atoms with Crippen LogP contribution in [0.2, 0.25) is 0 Å². The fraction of sp³-hybridized carbons (Fsp3) is 0.281. The molecule has 40 heavy (non-hydrogen) atoms. The lowest BCUT2D eigenvalue weighted by atomic mass is 10.0. The van der Waals surface area contributed by atoms with E-state index in [2.05, 4.69) is 4.98 Å². The van der Waals surface area contributed by atoms with Gasteiger partial charge in [-0.3, -0.25) is 4.98 Å². The first-order chi connectivity index (χ1) is 19.3. The molecule has 0 aliphatic heterocycles. The van der Waals surface area contributed by atoms with Gasteiger partial charge in [-0.25, -0.2) is 8.42 Å². The van der Waals surface area contributed by atoms with Gasteiger partial charge < -0.3 is 19.9 Å². The Morgan fingerprint density at radius 2 is 1.65 bits per heavy atom. The maximum atomic E-state index is 11.9. The molecular formula is C32H34N2O5S. The zero-order valence-corrected chi connectivity index (χ0v) is 23.6. The summed E-state index contributed by atoms with van der Waals surface area (Å²) >= 11 is 0. The van der Waals surface area contributed by atoms with Gasteiger partial charge in [0.15, 0.2) is 21.3 Å². The number of benzene rings is 3. The van der Waals surface area contributed by atoms with Gasteiger partial charge in [-0.05, 0) is 90.9 Å². The van der Waals surface area contributed by atoms with Gasteiger partial charge >= 0.3 is 0 Å². The van der Waals surface area contributed by atoms with Gasteiger partial charge in [-0.15, -0.1) is 0 Å². The van der Waals surface area contributed by atoms with Crippen molar-refractivity contribution in [2.45, 2.75) is 49.2 Å². The van der Waals surface area contributed by atoms with E-state index in [0.717, 1.165) is 40.8 Å². The van der Waals surface area contributed by atoms with Crippen LogP contribution >= 0.6 is 0 Å². The van der Waals surface area contributed by atoms with Gasteiger partial charge in [-0.1, -0.05) is 24.3 Å². The molecule has 0 spiro atoms. The highest BCUT2D eigenvalue weighted by Gasteiger charge is 2.22. The van der Waals surface area contributed by atoms with Crippen LogP contribution in [0.15, 0.2) is 90.1 Å². The summed E-state index contributed by atoms with van der Waals surface area (Å²) in [5, 5.41) is 0. The van der Waals surface area contributed by atoms with Crippen molar-refractivity contribution >= 4 is 15.5 Å². The van der Waals surface area contributed by atoms with E-state index in [4.69, 9.17) is 19.9 Å². The number of nitrogen functional groups attached to an aromatic ring is 1. The number of nitrogens with two attached hydrogens (primary N) is 1. The van der Waals surface area contributed by atoms with Crippen molar-refractivity contribution in [3.05, 3.63) is 96.3 Å². The Hall–Kier alpha value is -4.04. The maximum absolute atomic E-state index is 11.9. The van der Waals surface area contributed by atoms with E-state index in [1.54, 1.807) is 31.6 Å². The third kappa shape index (κ3) is 6.57. The molecule has 2 N–H and O–H groups in total. The van der Waals surface area contributed by atoms with Crippen molar-refractivity contribution in [1.29, 1.82) is 0 Å². The summed E-state index contributed by atoms with van der Waals surface area (Å²) in [6.07, 6.45) is 9.76. The van der Waals surface area contributed by atoms with Crippen LogP contribution in [0.4, 0.5) is 5.69 Å². The average molecular weight is 559 g/mol. The predicted molar refractivity (Wildman–Crippen MR) is 157 cm³/mol. The van der Waals surface area contributed by atoms with Crippen molar-refractivity contribution in [2.75, 3.05) is 19.1 Å². The molecule has 1 atom stereocenters. The van der Waals surface area contributed by atoms with Crippen molar-refractivity contribution < 1.29 is 22.6 Å². The molecule has 0 amide bonds. The summed E-state index contributed by atoms with van der Waals surface area (Å²) in [5.74, 6) is 2.14. The van der Waals surface area contributed by atoms with E-state index in [1.165, 1.54) is 25.2 Å². The second-order valence-corrected chi connectivity index (χ2v) is 12.2. The van der Waals surface area contributed by atoms with Gasteiger partial charge in [0.05, 0.1) is 18.1 Å². The topological polar surface area (TPSA) is 101 Å². The molecule has 0 unspecified atom stereocenters. The number of nitrogens with zero attached hydrogens (tertiary/aromatic N) is 1. The molecule has 1 saturated carbocycles. The van der Waals surface area contributed by atoms with E-state index in [1.807, 2.05) is 54.6 Å². The summed E-state index contributed by atoms with van der Waals surface area (Å²) < 4.78 is 42.3. The fourth-order valence-electron chi connectivity index (χ4n) is 5.04. The normalized spacial score (nSPS) is 14.6. The second-order valence-electron chi connectivity index (χ2n) is 10.1. The van der Waals surface area contributed by atoms with Gasteiger partial charge in [0.2, 0.25) is 0 Å². The number of ether oxygens (including phenoxy) is 3. The highest BCUT2D eigenvalue weighted by atomic mass is 32.2. The van der Waals surface area contributed by atoms with E-state index in [9.17, 15) is 8.42 Å². The molecule has 1 fully saturated rings. The molecule has 1 heterocycles. The largest absolute Gasteiger partial charge is 0.493 e. The van der Waals surface area contributed by atoms with E-state index >= 15 is 0 Å². The molecule has 3 aromatic carbocycles. The Balaban J connectivity index is 1.42. The first kappa shape index (κ1) is 27.5. The van der Waals surface area contributed by atoms with Crippen LogP contribution in [-0.4, -0.2) is 32.9 Å². The van der Waals surface area contributed by atoms with Gasteiger partial charge in [0, 0.05) is 36.3 Å². The Kier molecular flexibility index (Phi) is 8.26. The van der Waals surface area contributed by atoms with Crippen molar-refractivity contribution in [2.24, 2.45) is 0 Å². The maximum Gasteiger partial charge on any atom is 0.175 e. The van der Waals surface area contributed by atoms with Crippen LogP contribution in [0.1, 0.15) is 42.9 Å². The van der Waals surface area contributed by atoms with Crippen molar-refractivity contribution in [3.63, 3.8) is 0 Å². The zero-order chi connectivity index (χ0) is 28.1. The Morgan fingerprint density at radius 3 is 2.30 bits per heavy atom. The molecule has 1 aromatic heterocycles. The summed E-state index contributed by atoms with van der Waals surface area (Å²) in [7, 11) is -1.67. The lowest BCUT2D eigenvalue weighted by molar-refractivity contribution is 0.193. The number of anilines is 1. The predicted octanol–water partition coefficient (Wildman–Crippen LogP) is 6.43. The van der Waals surface area contributed by atoms with E-state index in [-0.39, 0.29) is 17.1 Å². The number of aromatic nitrogens is 1. The van der Waals surface area contributed by atoms with E-state index in [0.29, 0.717) is 23.6 Å². The highest BCUT2D eigenvalue weighted by molar-refractivity contribution is 7.90. The lowest BCUT2D eigenvalue weighted by Gasteiger charge is -2.23. The van der Waals surface area contributed by atoms with Crippen LogP contribution < -0.4 is 19.9 Å². The van der Waals surface area contributed by atoms with Crippen LogP contribution in [0, 0.1) is 0 Å². The monoisotopic (exact) mass is 558 g/mol. The molecule has 208 valence electrons. The third-order valence-corrected chi connectivity index (χ3v) is 8.33. The summed E-state index contributed by atoms with van der Waals surface area (Å²) in [6.45, 7) is 0. The summed E-state index contributed by atoms with van der Waals surface area (Å²) in [5.41, 5.74) is 10.3. The average Bonchev–Trinajstić information content (AvgIpc) is 3.46. The standard InChI is InChI=1S/C32H34N2O5S/c1-37-30-14-9-24(20-32(30)39-25-5-3-4-6-25)31(19-22-15-17-34-18-16-22)38-26-10-7-23(8-11-26)28-13-12-27(21-29(28)33)40(2,35)36/h7-18,20-21,25,31H,3-6,19,33H2,1-2H3/t31-/m0/s1. The number of sulfone groups is 1. The minimum Gasteiger partial charge on any atom is -0.493 e. The Morgan fingerprint density at radius 1 is 0.925 bits per heavy atom. The summed E-state index contributed by atoms with van der Waals surface area (Å²) in [4.78, 5) is 4.34. The quantitative estimate of drug-likeness (QED) is 0.224. The summed E-state index contributed by atoms with van der Waals surface area (Å²) in [6, 6.07) is 22.4. The molecule has 1 aliphatic carbocycles. The first-order valence-electron chi connectivity index (χ1n) is 13.4. The molecule has 0 saturated heterocycles. The number of hydrogen-bond donors (Lipinski definition) is 1. The Labute approximate surface area is 235 Å². The number of rotatable bonds is 10. The minimum atomic E-state index is -3.33. The molecular weight excluding hydrogens is 524 g/mol. The SMILES string of the molecule is COc1ccc([C@H](Cc2ccncc2)Oc2ccc(-c3ccc(S(C)(=O)=O)cc3N)cc2)cc1OC1CCCC1. The van der Waals surface area contributed by atoms with Crippen molar-refractivity contribution in [1.82, 2.24) is 4.98 Å². The third-order valence-electron chi connectivity index (χ3n) is 7.22.